The van der Waals surface area contributed by atoms with Crippen LogP contribution in [0.5, 0.6) is 0 Å². The lowest BCUT2D eigenvalue weighted by atomic mass is 10.1. The first-order valence-electron chi connectivity index (χ1n) is 9.11. The van der Waals surface area contributed by atoms with Gasteiger partial charge in [-0.2, -0.15) is 11.8 Å². The van der Waals surface area contributed by atoms with Crippen molar-refractivity contribution in [1.82, 2.24) is 9.80 Å². The van der Waals surface area contributed by atoms with Crippen molar-refractivity contribution >= 4 is 17.7 Å². The van der Waals surface area contributed by atoms with Gasteiger partial charge in [-0.3, -0.25) is 4.79 Å². The Hall–Kier alpha value is -0.220. The van der Waals surface area contributed by atoms with Gasteiger partial charge in [0.25, 0.3) is 0 Å². The van der Waals surface area contributed by atoms with Gasteiger partial charge in [-0.05, 0) is 57.4 Å². The summed E-state index contributed by atoms with van der Waals surface area (Å²) >= 11 is 1.97. The molecule has 1 unspecified atom stereocenters. The lowest BCUT2D eigenvalue weighted by Crippen LogP contribution is -2.35. The first-order chi connectivity index (χ1) is 10.5. The minimum absolute atomic E-state index is 0.314. The van der Waals surface area contributed by atoms with Crippen LogP contribution in [0.1, 0.15) is 65.7 Å². The summed E-state index contributed by atoms with van der Waals surface area (Å²) in [5.74, 6) is 1.48. The van der Waals surface area contributed by atoms with Gasteiger partial charge in [0.2, 0.25) is 5.91 Å². The van der Waals surface area contributed by atoms with E-state index in [-0.39, 0.29) is 0 Å². The third kappa shape index (κ3) is 6.11. The molecule has 3 nitrogen and oxygen atoms in total. The van der Waals surface area contributed by atoms with E-state index in [1.165, 1.54) is 45.2 Å². The van der Waals surface area contributed by atoms with Crippen molar-refractivity contribution in [2.24, 2.45) is 0 Å². The highest BCUT2D eigenvalue weighted by atomic mass is 32.2. The van der Waals surface area contributed by atoms with Gasteiger partial charge in [-0.25, -0.2) is 0 Å². The summed E-state index contributed by atoms with van der Waals surface area (Å²) < 4.78 is 0.314. The number of likely N-dealkylation sites (tertiary alicyclic amines) is 2. The van der Waals surface area contributed by atoms with E-state index in [0.29, 0.717) is 10.7 Å². The Kier molecular flexibility index (Phi) is 7.07. The topological polar surface area (TPSA) is 23.6 Å². The lowest BCUT2D eigenvalue weighted by Gasteiger charge is -2.26. The largest absolute Gasteiger partial charge is 0.343 e. The van der Waals surface area contributed by atoms with Crippen LogP contribution in [0.4, 0.5) is 0 Å². The maximum absolute atomic E-state index is 12.4. The van der Waals surface area contributed by atoms with Gasteiger partial charge in [0.15, 0.2) is 0 Å². The Morgan fingerprint density at radius 2 is 1.77 bits per heavy atom. The van der Waals surface area contributed by atoms with E-state index in [0.717, 1.165) is 37.7 Å². The zero-order valence-electron chi connectivity index (χ0n) is 14.8. The maximum Gasteiger partial charge on any atom is 0.222 e. The standard InChI is InChI=1S/C18H34N2OS/c1-18(2,3)22-15-7-9-17(21)20-13-6-8-16(10-14-20)19-11-4-5-12-19/h16H,4-15H2,1-3H3. The van der Waals surface area contributed by atoms with Crippen LogP contribution in [0.3, 0.4) is 0 Å². The fourth-order valence-corrected chi connectivity index (χ4v) is 4.46. The molecule has 0 N–H and O–H groups in total. The van der Waals surface area contributed by atoms with E-state index in [1.54, 1.807) is 0 Å². The van der Waals surface area contributed by atoms with Crippen molar-refractivity contribution in [3.8, 4) is 0 Å². The van der Waals surface area contributed by atoms with Crippen molar-refractivity contribution in [1.29, 1.82) is 0 Å². The molecule has 1 amide bonds. The van der Waals surface area contributed by atoms with Crippen LogP contribution >= 0.6 is 11.8 Å². The van der Waals surface area contributed by atoms with Crippen LogP contribution in [0, 0.1) is 0 Å². The maximum atomic E-state index is 12.4. The Morgan fingerprint density at radius 1 is 1.05 bits per heavy atom. The van der Waals surface area contributed by atoms with Gasteiger partial charge in [0.05, 0.1) is 0 Å². The molecule has 2 aliphatic rings. The van der Waals surface area contributed by atoms with Gasteiger partial charge in [0.1, 0.15) is 0 Å². The first-order valence-corrected chi connectivity index (χ1v) is 10.1. The van der Waals surface area contributed by atoms with Crippen molar-refractivity contribution in [2.75, 3.05) is 31.9 Å². The first kappa shape index (κ1) is 18.1. The summed E-state index contributed by atoms with van der Waals surface area (Å²) in [6.07, 6.45) is 8.13. The molecule has 128 valence electrons. The molecule has 0 aliphatic carbocycles. The highest BCUT2D eigenvalue weighted by Gasteiger charge is 2.26. The predicted molar refractivity (Wildman–Crippen MR) is 96.5 cm³/mol. The van der Waals surface area contributed by atoms with Crippen LogP contribution < -0.4 is 0 Å². The summed E-state index contributed by atoms with van der Waals surface area (Å²) in [5, 5.41) is 0. The highest BCUT2D eigenvalue weighted by molar-refractivity contribution is 8.00. The zero-order chi connectivity index (χ0) is 16.0. The summed E-state index contributed by atoms with van der Waals surface area (Å²) in [6.45, 7) is 11.2. The van der Waals surface area contributed by atoms with Crippen molar-refractivity contribution in [3.63, 3.8) is 0 Å². The third-order valence-electron chi connectivity index (χ3n) is 4.78. The van der Waals surface area contributed by atoms with Gasteiger partial charge in [0, 0.05) is 30.3 Å². The fourth-order valence-electron chi connectivity index (χ4n) is 3.56. The molecule has 2 saturated heterocycles. The zero-order valence-corrected chi connectivity index (χ0v) is 15.6. The molecule has 0 aromatic rings. The normalized spacial score (nSPS) is 24.5. The Morgan fingerprint density at radius 3 is 2.45 bits per heavy atom. The second-order valence-corrected chi connectivity index (χ2v) is 9.69. The number of rotatable bonds is 5. The molecule has 2 rings (SSSR count). The van der Waals surface area contributed by atoms with Crippen molar-refractivity contribution in [3.05, 3.63) is 0 Å². The molecule has 2 heterocycles. The molecule has 2 aliphatic heterocycles. The number of nitrogens with zero attached hydrogens (tertiary/aromatic N) is 2. The average Bonchev–Trinajstić information content (AvgIpc) is 2.87. The Bertz CT molecular complexity index is 347. The molecule has 22 heavy (non-hydrogen) atoms. The van der Waals surface area contributed by atoms with Crippen molar-refractivity contribution in [2.45, 2.75) is 76.5 Å². The van der Waals surface area contributed by atoms with E-state index in [2.05, 4.69) is 30.6 Å². The number of thioether (sulfide) groups is 1. The molecule has 0 aromatic heterocycles. The smallest absolute Gasteiger partial charge is 0.222 e. The summed E-state index contributed by atoms with van der Waals surface area (Å²) in [7, 11) is 0. The fraction of sp³-hybridized carbons (Fsp3) is 0.944. The second kappa shape index (κ2) is 8.58. The minimum atomic E-state index is 0.314. The molecule has 0 spiro atoms. The van der Waals surface area contributed by atoms with Gasteiger partial charge in [-0.15, -0.1) is 0 Å². The van der Waals surface area contributed by atoms with Crippen LogP contribution in [0.25, 0.3) is 0 Å². The molecule has 0 aromatic carbocycles. The molecular weight excluding hydrogens is 292 g/mol. The SMILES string of the molecule is CC(C)(C)SCCCC(=O)N1CCCC(N2CCCC2)CC1. The Labute approximate surface area is 141 Å². The van der Waals surface area contributed by atoms with E-state index >= 15 is 0 Å². The lowest BCUT2D eigenvalue weighted by molar-refractivity contribution is -0.131. The monoisotopic (exact) mass is 326 g/mol. The molecule has 0 radical (unpaired) electrons. The van der Waals surface area contributed by atoms with Crippen molar-refractivity contribution < 1.29 is 4.79 Å². The summed E-state index contributed by atoms with van der Waals surface area (Å²) in [6, 6.07) is 0.733. The highest BCUT2D eigenvalue weighted by Crippen LogP contribution is 2.25. The Balaban J connectivity index is 1.67. The number of carbonyl (C=O) groups excluding carboxylic acids is 1. The number of hydrogen-bond acceptors (Lipinski definition) is 3. The van der Waals surface area contributed by atoms with Crippen LogP contribution in [-0.2, 0) is 4.79 Å². The second-order valence-electron chi connectivity index (χ2n) is 7.77. The molecule has 0 bridgehead atoms. The number of hydrogen-bond donors (Lipinski definition) is 0. The molecule has 1 atom stereocenters. The van der Waals surface area contributed by atoms with Gasteiger partial charge < -0.3 is 9.80 Å². The van der Waals surface area contributed by atoms with E-state index in [1.807, 2.05) is 11.8 Å². The number of amides is 1. The van der Waals surface area contributed by atoms with Crippen LogP contribution in [0.2, 0.25) is 0 Å². The molecule has 2 fully saturated rings. The van der Waals surface area contributed by atoms with Crippen LogP contribution in [0.15, 0.2) is 0 Å². The minimum Gasteiger partial charge on any atom is -0.343 e. The van der Waals surface area contributed by atoms with E-state index in [9.17, 15) is 4.79 Å². The third-order valence-corrected chi connectivity index (χ3v) is 6.14. The van der Waals surface area contributed by atoms with E-state index < -0.39 is 0 Å². The predicted octanol–water partition coefficient (Wildman–Crippen LogP) is 3.78. The van der Waals surface area contributed by atoms with E-state index in [4.69, 9.17) is 0 Å². The summed E-state index contributed by atoms with van der Waals surface area (Å²) in [4.78, 5) is 17.2. The molecule has 4 heteroatoms. The number of carbonyl (C=O) groups is 1. The average molecular weight is 327 g/mol. The summed E-state index contributed by atoms with van der Waals surface area (Å²) in [5.41, 5.74) is 0. The van der Waals surface area contributed by atoms with Gasteiger partial charge >= 0.3 is 0 Å². The molecular formula is C18H34N2OS. The van der Waals surface area contributed by atoms with Gasteiger partial charge in [-0.1, -0.05) is 20.8 Å². The quantitative estimate of drug-likeness (QED) is 0.719. The molecule has 0 saturated carbocycles. The van der Waals surface area contributed by atoms with Crippen LogP contribution in [-0.4, -0.2) is 58.4 Å².